The molecule has 0 amide bonds. The highest BCUT2D eigenvalue weighted by Crippen LogP contribution is 2.35. The van der Waals surface area contributed by atoms with Gasteiger partial charge in [0.25, 0.3) is 9.84 Å². The molecule has 0 aromatic heterocycles. The summed E-state index contributed by atoms with van der Waals surface area (Å²) >= 11 is 1.78. The summed E-state index contributed by atoms with van der Waals surface area (Å²) in [5, 5.41) is 0. The van der Waals surface area contributed by atoms with Gasteiger partial charge in [-0.25, -0.2) is 8.42 Å². The van der Waals surface area contributed by atoms with Gasteiger partial charge in [-0.3, -0.25) is 0 Å². The van der Waals surface area contributed by atoms with E-state index in [0.29, 0.717) is 3.57 Å². The SMILES string of the molecule is CC(C)c1ccc(I)cc1S(=O)(=O)C(F)(F)F. The molecule has 0 aliphatic rings. The van der Waals surface area contributed by atoms with Crippen LogP contribution in [0.5, 0.6) is 0 Å². The van der Waals surface area contributed by atoms with Gasteiger partial charge in [-0.1, -0.05) is 19.9 Å². The lowest BCUT2D eigenvalue weighted by molar-refractivity contribution is -0.0436. The molecular weight excluding hydrogens is 368 g/mol. The van der Waals surface area contributed by atoms with Crippen LogP contribution in [0.4, 0.5) is 13.2 Å². The van der Waals surface area contributed by atoms with E-state index in [2.05, 4.69) is 0 Å². The highest BCUT2D eigenvalue weighted by atomic mass is 127. The molecule has 0 fully saturated rings. The van der Waals surface area contributed by atoms with Crippen LogP contribution in [0, 0.1) is 3.57 Å². The predicted octanol–water partition coefficient (Wildman–Crippen LogP) is 3.71. The molecule has 1 aromatic rings. The summed E-state index contributed by atoms with van der Waals surface area (Å²) in [6, 6.07) is 4.06. The maximum Gasteiger partial charge on any atom is 0.501 e. The molecule has 96 valence electrons. The van der Waals surface area contributed by atoms with Crippen molar-refractivity contribution in [1.82, 2.24) is 0 Å². The van der Waals surface area contributed by atoms with Gasteiger partial charge in [-0.05, 0) is 46.2 Å². The fraction of sp³-hybridized carbons (Fsp3) is 0.400. The fourth-order valence-electron chi connectivity index (χ4n) is 1.34. The van der Waals surface area contributed by atoms with Crippen molar-refractivity contribution >= 4 is 32.4 Å². The second kappa shape index (κ2) is 4.75. The van der Waals surface area contributed by atoms with Crippen molar-refractivity contribution in [2.45, 2.75) is 30.2 Å². The Morgan fingerprint density at radius 3 is 2.18 bits per heavy atom. The molecule has 0 heterocycles. The van der Waals surface area contributed by atoms with Gasteiger partial charge in [0.1, 0.15) is 0 Å². The van der Waals surface area contributed by atoms with Crippen LogP contribution in [0.3, 0.4) is 0 Å². The highest BCUT2D eigenvalue weighted by Gasteiger charge is 2.48. The number of sulfone groups is 1. The van der Waals surface area contributed by atoms with Gasteiger partial charge >= 0.3 is 5.51 Å². The van der Waals surface area contributed by atoms with E-state index < -0.39 is 20.2 Å². The Hall–Kier alpha value is -0.310. The maximum absolute atomic E-state index is 12.5. The Labute approximate surface area is 111 Å². The molecule has 0 unspecified atom stereocenters. The third kappa shape index (κ3) is 2.93. The van der Waals surface area contributed by atoms with Crippen LogP contribution in [0.1, 0.15) is 25.3 Å². The first-order valence-electron chi connectivity index (χ1n) is 4.68. The molecule has 0 atom stereocenters. The zero-order chi connectivity index (χ0) is 13.4. The molecule has 0 bridgehead atoms. The first-order chi connectivity index (χ1) is 7.57. The molecule has 0 spiro atoms. The molecule has 2 nitrogen and oxygen atoms in total. The summed E-state index contributed by atoms with van der Waals surface area (Å²) in [4.78, 5) is -0.646. The van der Waals surface area contributed by atoms with E-state index in [1.807, 2.05) is 0 Å². The maximum atomic E-state index is 12.5. The molecule has 0 saturated heterocycles. The minimum atomic E-state index is -5.28. The molecule has 7 heteroatoms. The van der Waals surface area contributed by atoms with Crippen LogP contribution in [0.15, 0.2) is 23.1 Å². The van der Waals surface area contributed by atoms with Crippen LogP contribution >= 0.6 is 22.6 Å². The standard InChI is InChI=1S/C10H10F3IO2S/c1-6(2)8-4-3-7(14)5-9(8)17(15,16)10(11,12)13/h3-6H,1-2H3. The number of rotatable bonds is 2. The predicted molar refractivity (Wildman–Crippen MR) is 66.5 cm³/mol. The normalized spacial score (nSPS) is 13.1. The monoisotopic (exact) mass is 378 g/mol. The third-order valence-electron chi connectivity index (χ3n) is 2.19. The van der Waals surface area contributed by atoms with Crippen LogP contribution < -0.4 is 0 Å². The molecule has 0 aliphatic heterocycles. The summed E-state index contributed by atoms with van der Waals surface area (Å²) in [7, 11) is -5.28. The summed E-state index contributed by atoms with van der Waals surface area (Å²) < 4.78 is 60.8. The first kappa shape index (κ1) is 14.7. The lowest BCUT2D eigenvalue weighted by atomic mass is 10.0. The van der Waals surface area contributed by atoms with Crippen molar-refractivity contribution < 1.29 is 21.6 Å². The molecule has 17 heavy (non-hydrogen) atoms. The summed E-state index contributed by atoms with van der Waals surface area (Å²) in [5.74, 6) is -0.292. The Morgan fingerprint density at radius 2 is 1.76 bits per heavy atom. The number of halogens is 4. The molecule has 0 saturated carbocycles. The van der Waals surface area contributed by atoms with Crippen molar-refractivity contribution in [3.63, 3.8) is 0 Å². The van der Waals surface area contributed by atoms with Gasteiger partial charge < -0.3 is 0 Å². The third-order valence-corrected chi connectivity index (χ3v) is 4.40. The molecule has 1 aromatic carbocycles. The van der Waals surface area contributed by atoms with Gasteiger partial charge in [0.2, 0.25) is 0 Å². The van der Waals surface area contributed by atoms with Crippen molar-refractivity contribution in [3.05, 3.63) is 27.3 Å². The van der Waals surface area contributed by atoms with E-state index >= 15 is 0 Å². The molecular formula is C10H10F3IO2S. The lowest BCUT2D eigenvalue weighted by Crippen LogP contribution is -2.24. The van der Waals surface area contributed by atoms with Crippen molar-refractivity contribution in [2.24, 2.45) is 0 Å². The summed E-state index contributed by atoms with van der Waals surface area (Å²) in [6.45, 7) is 3.30. The number of alkyl halides is 3. The molecule has 1 rings (SSSR count). The minimum Gasteiger partial charge on any atom is -0.214 e. The van der Waals surface area contributed by atoms with Crippen molar-refractivity contribution in [2.75, 3.05) is 0 Å². The van der Waals surface area contributed by atoms with Gasteiger partial charge in [0.05, 0.1) is 4.90 Å². The second-order valence-electron chi connectivity index (χ2n) is 3.79. The first-order valence-corrected chi connectivity index (χ1v) is 7.24. The highest BCUT2D eigenvalue weighted by molar-refractivity contribution is 14.1. The zero-order valence-electron chi connectivity index (χ0n) is 9.05. The van der Waals surface area contributed by atoms with E-state index in [0.717, 1.165) is 6.07 Å². The van der Waals surface area contributed by atoms with E-state index in [1.165, 1.54) is 6.07 Å². The van der Waals surface area contributed by atoms with E-state index in [-0.39, 0.29) is 11.5 Å². The largest absolute Gasteiger partial charge is 0.501 e. The van der Waals surface area contributed by atoms with Crippen LogP contribution in [0.2, 0.25) is 0 Å². The molecule has 0 radical (unpaired) electrons. The Bertz CT molecular complexity index is 521. The van der Waals surface area contributed by atoms with E-state index in [1.54, 1.807) is 42.5 Å². The number of benzene rings is 1. The van der Waals surface area contributed by atoms with E-state index in [4.69, 9.17) is 0 Å². The van der Waals surface area contributed by atoms with E-state index in [9.17, 15) is 21.6 Å². The van der Waals surface area contributed by atoms with Crippen LogP contribution in [-0.2, 0) is 9.84 Å². The van der Waals surface area contributed by atoms with Gasteiger partial charge in [-0.2, -0.15) is 13.2 Å². The van der Waals surface area contributed by atoms with Gasteiger partial charge in [-0.15, -0.1) is 0 Å². The van der Waals surface area contributed by atoms with Crippen LogP contribution in [-0.4, -0.2) is 13.9 Å². The quantitative estimate of drug-likeness (QED) is 0.736. The summed E-state index contributed by atoms with van der Waals surface area (Å²) in [6.07, 6.45) is 0. The zero-order valence-corrected chi connectivity index (χ0v) is 12.0. The van der Waals surface area contributed by atoms with Gasteiger partial charge in [0.15, 0.2) is 0 Å². The number of hydrogen-bond donors (Lipinski definition) is 0. The van der Waals surface area contributed by atoms with Gasteiger partial charge in [0, 0.05) is 3.57 Å². The van der Waals surface area contributed by atoms with Crippen molar-refractivity contribution in [1.29, 1.82) is 0 Å². The number of hydrogen-bond acceptors (Lipinski definition) is 2. The minimum absolute atomic E-state index is 0.183. The lowest BCUT2D eigenvalue weighted by Gasteiger charge is -2.15. The molecule has 0 aliphatic carbocycles. The Kier molecular flexibility index (Phi) is 4.12. The topological polar surface area (TPSA) is 34.1 Å². The second-order valence-corrected chi connectivity index (χ2v) is 6.94. The molecule has 0 N–H and O–H groups in total. The average molecular weight is 378 g/mol. The Morgan fingerprint density at radius 1 is 1.24 bits per heavy atom. The smallest absolute Gasteiger partial charge is 0.214 e. The fourth-order valence-corrected chi connectivity index (χ4v) is 3.19. The van der Waals surface area contributed by atoms with Crippen LogP contribution in [0.25, 0.3) is 0 Å². The summed E-state index contributed by atoms with van der Waals surface area (Å²) in [5.41, 5.74) is -5.08. The Balaban J connectivity index is 3.56. The average Bonchev–Trinajstić information content (AvgIpc) is 2.15. The van der Waals surface area contributed by atoms with Crippen molar-refractivity contribution in [3.8, 4) is 0 Å².